The largest absolute Gasteiger partial charge is 0.458 e. The molecule has 0 aromatic carbocycles. The Labute approximate surface area is 72.9 Å². The number of hydrogen-bond acceptors (Lipinski definition) is 2. The first-order valence-corrected chi connectivity index (χ1v) is 4.30. The first-order chi connectivity index (χ1) is 5.83. The van der Waals surface area contributed by atoms with Crippen LogP contribution < -0.4 is 0 Å². The number of esters is 1. The predicted molar refractivity (Wildman–Crippen MR) is 47.7 cm³/mol. The van der Waals surface area contributed by atoms with Gasteiger partial charge in [-0.1, -0.05) is 18.2 Å². The van der Waals surface area contributed by atoms with Crippen LogP contribution in [0.15, 0.2) is 24.3 Å². The molecule has 0 saturated heterocycles. The standard InChI is InChI=1S/C10H14O2/c1-2-7-12-10(11)8-9-5-3-4-6-9/h2,8H,1,3-7H2. The molecule has 1 rings (SSSR count). The van der Waals surface area contributed by atoms with Crippen molar-refractivity contribution in [2.24, 2.45) is 0 Å². The molecule has 0 N–H and O–H groups in total. The summed E-state index contributed by atoms with van der Waals surface area (Å²) in [6, 6.07) is 0. The lowest BCUT2D eigenvalue weighted by Gasteiger charge is -1.97. The van der Waals surface area contributed by atoms with Crippen LogP contribution in [0.25, 0.3) is 0 Å². The van der Waals surface area contributed by atoms with Crippen LogP contribution in [-0.4, -0.2) is 12.6 Å². The molecule has 2 nitrogen and oxygen atoms in total. The average molecular weight is 166 g/mol. The van der Waals surface area contributed by atoms with Gasteiger partial charge < -0.3 is 4.74 Å². The molecule has 0 bridgehead atoms. The first-order valence-electron chi connectivity index (χ1n) is 4.30. The van der Waals surface area contributed by atoms with Gasteiger partial charge in [0.15, 0.2) is 0 Å². The van der Waals surface area contributed by atoms with Gasteiger partial charge in [-0.05, 0) is 25.7 Å². The Morgan fingerprint density at radius 2 is 2.17 bits per heavy atom. The molecule has 0 spiro atoms. The van der Waals surface area contributed by atoms with E-state index >= 15 is 0 Å². The Balaban J connectivity index is 2.32. The molecular formula is C10H14O2. The van der Waals surface area contributed by atoms with Crippen LogP contribution in [0.1, 0.15) is 25.7 Å². The van der Waals surface area contributed by atoms with Gasteiger partial charge >= 0.3 is 5.97 Å². The van der Waals surface area contributed by atoms with Gasteiger partial charge in [0.25, 0.3) is 0 Å². The zero-order valence-electron chi connectivity index (χ0n) is 7.21. The van der Waals surface area contributed by atoms with Crippen molar-refractivity contribution in [3.63, 3.8) is 0 Å². The fourth-order valence-corrected chi connectivity index (χ4v) is 1.32. The van der Waals surface area contributed by atoms with Crippen LogP contribution in [0, 0.1) is 0 Å². The number of allylic oxidation sites excluding steroid dienone is 1. The molecule has 0 aromatic heterocycles. The normalized spacial score (nSPS) is 15.8. The Bertz CT molecular complexity index is 196. The van der Waals surface area contributed by atoms with E-state index in [0.717, 1.165) is 12.8 Å². The van der Waals surface area contributed by atoms with Crippen LogP contribution in [0.3, 0.4) is 0 Å². The highest BCUT2D eigenvalue weighted by Crippen LogP contribution is 2.23. The number of ether oxygens (including phenoxy) is 1. The van der Waals surface area contributed by atoms with E-state index in [-0.39, 0.29) is 5.97 Å². The highest BCUT2D eigenvalue weighted by molar-refractivity contribution is 5.82. The molecule has 1 fully saturated rings. The van der Waals surface area contributed by atoms with Gasteiger partial charge in [-0.15, -0.1) is 0 Å². The first kappa shape index (κ1) is 9.04. The fourth-order valence-electron chi connectivity index (χ4n) is 1.32. The molecule has 12 heavy (non-hydrogen) atoms. The van der Waals surface area contributed by atoms with Crippen molar-refractivity contribution < 1.29 is 9.53 Å². The van der Waals surface area contributed by atoms with E-state index in [1.165, 1.54) is 18.4 Å². The van der Waals surface area contributed by atoms with E-state index in [1.54, 1.807) is 12.2 Å². The third-order valence-electron chi connectivity index (χ3n) is 1.91. The molecular weight excluding hydrogens is 152 g/mol. The van der Waals surface area contributed by atoms with Crippen LogP contribution in [0.4, 0.5) is 0 Å². The summed E-state index contributed by atoms with van der Waals surface area (Å²) >= 11 is 0. The van der Waals surface area contributed by atoms with Crippen LogP contribution in [0.2, 0.25) is 0 Å². The number of carbonyl (C=O) groups is 1. The second-order valence-corrected chi connectivity index (χ2v) is 2.93. The van der Waals surface area contributed by atoms with Crippen molar-refractivity contribution in [2.45, 2.75) is 25.7 Å². The van der Waals surface area contributed by atoms with Crippen molar-refractivity contribution in [1.82, 2.24) is 0 Å². The molecule has 2 heteroatoms. The van der Waals surface area contributed by atoms with Crippen molar-refractivity contribution in [1.29, 1.82) is 0 Å². The molecule has 0 unspecified atom stereocenters. The van der Waals surface area contributed by atoms with Crippen molar-refractivity contribution in [3.05, 3.63) is 24.3 Å². The van der Waals surface area contributed by atoms with E-state index in [1.807, 2.05) is 0 Å². The van der Waals surface area contributed by atoms with Crippen LogP contribution >= 0.6 is 0 Å². The number of hydrogen-bond donors (Lipinski definition) is 0. The lowest BCUT2D eigenvalue weighted by atomic mass is 10.2. The maximum absolute atomic E-state index is 11.0. The summed E-state index contributed by atoms with van der Waals surface area (Å²) in [6.07, 6.45) is 7.73. The topological polar surface area (TPSA) is 26.3 Å². The average Bonchev–Trinajstić information content (AvgIpc) is 2.53. The van der Waals surface area contributed by atoms with Gasteiger partial charge in [-0.25, -0.2) is 4.79 Å². The minimum atomic E-state index is -0.230. The summed E-state index contributed by atoms with van der Waals surface area (Å²) in [5, 5.41) is 0. The molecule has 0 aromatic rings. The molecule has 1 aliphatic rings. The van der Waals surface area contributed by atoms with Crippen molar-refractivity contribution in [2.75, 3.05) is 6.61 Å². The SMILES string of the molecule is C=CCOC(=O)C=C1CCCC1. The molecule has 1 saturated carbocycles. The summed E-state index contributed by atoms with van der Waals surface area (Å²) < 4.78 is 4.82. The van der Waals surface area contributed by atoms with Crippen LogP contribution in [0.5, 0.6) is 0 Å². The van der Waals surface area contributed by atoms with E-state index in [0.29, 0.717) is 6.61 Å². The van der Waals surface area contributed by atoms with Gasteiger partial charge in [0, 0.05) is 6.08 Å². The zero-order chi connectivity index (χ0) is 8.81. The summed E-state index contributed by atoms with van der Waals surface area (Å²) in [6.45, 7) is 3.77. The predicted octanol–water partition coefficient (Wildman–Crippen LogP) is 2.22. The molecule has 0 heterocycles. The summed E-state index contributed by atoms with van der Waals surface area (Å²) in [4.78, 5) is 11.0. The maximum atomic E-state index is 11.0. The number of carbonyl (C=O) groups excluding carboxylic acids is 1. The van der Waals surface area contributed by atoms with Crippen molar-refractivity contribution >= 4 is 5.97 Å². The molecule has 66 valence electrons. The molecule has 0 aliphatic heterocycles. The molecule has 0 radical (unpaired) electrons. The quantitative estimate of drug-likeness (QED) is 0.365. The smallest absolute Gasteiger partial charge is 0.331 e. The Kier molecular flexibility index (Phi) is 3.58. The Morgan fingerprint density at radius 3 is 2.75 bits per heavy atom. The Morgan fingerprint density at radius 1 is 1.50 bits per heavy atom. The van der Waals surface area contributed by atoms with Gasteiger partial charge in [0.05, 0.1) is 0 Å². The highest BCUT2D eigenvalue weighted by atomic mass is 16.5. The molecule has 0 amide bonds. The van der Waals surface area contributed by atoms with Gasteiger partial charge in [-0.3, -0.25) is 0 Å². The van der Waals surface area contributed by atoms with Gasteiger partial charge in [0.1, 0.15) is 6.61 Å². The van der Waals surface area contributed by atoms with Gasteiger partial charge in [0.2, 0.25) is 0 Å². The summed E-state index contributed by atoms with van der Waals surface area (Å²) in [5.41, 5.74) is 1.23. The summed E-state index contributed by atoms with van der Waals surface area (Å²) in [7, 11) is 0. The third-order valence-corrected chi connectivity index (χ3v) is 1.91. The Hall–Kier alpha value is -1.05. The maximum Gasteiger partial charge on any atom is 0.331 e. The van der Waals surface area contributed by atoms with Gasteiger partial charge in [-0.2, -0.15) is 0 Å². The minimum absolute atomic E-state index is 0.230. The fraction of sp³-hybridized carbons (Fsp3) is 0.500. The van der Waals surface area contributed by atoms with E-state index in [9.17, 15) is 4.79 Å². The second kappa shape index (κ2) is 4.75. The van der Waals surface area contributed by atoms with E-state index < -0.39 is 0 Å². The third kappa shape index (κ3) is 2.91. The lowest BCUT2D eigenvalue weighted by Crippen LogP contribution is -2.00. The lowest BCUT2D eigenvalue weighted by molar-refractivity contribution is -0.136. The monoisotopic (exact) mass is 166 g/mol. The van der Waals surface area contributed by atoms with Crippen molar-refractivity contribution in [3.8, 4) is 0 Å². The molecule has 1 aliphatic carbocycles. The van der Waals surface area contributed by atoms with E-state index in [4.69, 9.17) is 4.74 Å². The van der Waals surface area contributed by atoms with E-state index in [2.05, 4.69) is 6.58 Å². The second-order valence-electron chi connectivity index (χ2n) is 2.93. The van der Waals surface area contributed by atoms with Crippen LogP contribution in [-0.2, 0) is 9.53 Å². The zero-order valence-corrected chi connectivity index (χ0v) is 7.21. The number of rotatable bonds is 3. The minimum Gasteiger partial charge on any atom is -0.458 e. The molecule has 0 atom stereocenters. The summed E-state index contributed by atoms with van der Waals surface area (Å²) in [5.74, 6) is -0.230. The highest BCUT2D eigenvalue weighted by Gasteiger charge is 2.08.